The summed E-state index contributed by atoms with van der Waals surface area (Å²) in [6.07, 6.45) is 1.06. The minimum atomic E-state index is 0.648. The van der Waals surface area contributed by atoms with Gasteiger partial charge in [-0.3, -0.25) is 0 Å². The average Bonchev–Trinajstić information content (AvgIpc) is 2.59. The van der Waals surface area contributed by atoms with Gasteiger partial charge in [-0.25, -0.2) is 0 Å². The van der Waals surface area contributed by atoms with Crippen LogP contribution < -0.4 is 19.5 Å². The molecule has 2 rings (SSSR count). The molecular formula is C20H27NO3. The van der Waals surface area contributed by atoms with Crippen molar-refractivity contribution in [1.29, 1.82) is 0 Å². The van der Waals surface area contributed by atoms with Gasteiger partial charge in [0.05, 0.1) is 26.5 Å². The van der Waals surface area contributed by atoms with Crippen molar-refractivity contribution in [2.45, 2.75) is 26.8 Å². The largest absolute Gasteiger partial charge is 0.497 e. The highest BCUT2D eigenvalue weighted by Gasteiger charge is 2.05. The number of hydrogen-bond acceptors (Lipinski definition) is 4. The van der Waals surface area contributed by atoms with E-state index in [-0.39, 0.29) is 0 Å². The van der Waals surface area contributed by atoms with Crippen LogP contribution in [0.25, 0.3) is 0 Å². The predicted molar refractivity (Wildman–Crippen MR) is 98.3 cm³/mol. The number of methoxy groups -OCH3 is 2. The van der Waals surface area contributed by atoms with Gasteiger partial charge in [0.2, 0.25) is 0 Å². The van der Waals surface area contributed by atoms with E-state index in [9.17, 15) is 0 Å². The number of rotatable bonds is 9. The lowest BCUT2D eigenvalue weighted by molar-refractivity contribution is 0.289. The Bertz CT molecular complexity index is 641. The van der Waals surface area contributed by atoms with Gasteiger partial charge in [-0.15, -0.1) is 0 Å². The summed E-state index contributed by atoms with van der Waals surface area (Å²) in [6.45, 7) is 5.83. The molecule has 24 heavy (non-hydrogen) atoms. The van der Waals surface area contributed by atoms with Gasteiger partial charge >= 0.3 is 0 Å². The van der Waals surface area contributed by atoms with E-state index in [1.807, 2.05) is 30.3 Å². The molecule has 0 aliphatic carbocycles. The second kappa shape index (κ2) is 9.06. The molecule has 0 atom stereocenters. The van der Waals surface area contributed by atoms with Crippen LogP contribution in [0.4, 0.5) is 5.69 Å². The van der Waals surface area contributed by atoms with E-state index < -0.39 is 0 Å². The van der Waals surface area contributed by atoms with Crippen LogP contribution in [-0.2, 0) is 6.54 Å². The Morgan fingerprint density at radius 1 is 0.958 bits per heavy atom. The molecule has 130 valence electrons. The summed E-state index contributed by atoms with van der Waals surface area (Å²) in [4.78, 5) is 0. The molecule has 0 amide bonds. The average molecular weight is 329 g/mol. The van der Waals surface area contributed by atoms with Gasteiger partial charge in [0.15, 0.2) is 0 Å². The number of anilines is 1. The van der Waals surface area contributed by atoms with Crippen molar-refractivity contribution in [3.8, 4) is 17.2 Å². The van der Waals surface area contributed by atoms with E-state index in [4.69, 9.17) is 14.2 Å². The molecule has 0 aromatic heterocycles. The highest BCUT2D eigenvalue weighted by molar-refractivity contribution is 5.60. The van der Waals surface area contributed by atoms with Crippen LogP contribution >= 0.6 is 0 Å². The van der Waals surface area contributed by atoms with Gasteiger partial charge in [-0.2, -0.15) is 0 Å². The second-order valence-corrected chi connectivity index (χ2v) is 6.10. The summed E-state index contributed by atoms with van der Waals surface area (Å²) >= 11 is 0. The maximum atomic E-state index is 5.82. The molecule has 0 fully saturated rings. The van der Waals surface area contributed by atoms with Crippen molar-refractivity contribution < 1.29 is 14.2 Å². The summed E-state index contributed by atoms with van der Waals surface area (Å²) in [6, 6.07) is 13.9. The van der Waals surface area contributed by atoms with Gasteiger partial charge in [-0.1, -0.05) is 26.0 Å². The summed E-state index contributed by atoms with van der Waals surface area (Å²) in [5.74, 6) is 3.15. The second-order valence-electron chi connectivity index (χ2n) is 6.10. The number of ether oxygens (including phenoxy) is 3. The molecule has 2 aromatic rings. The minimum Gasteiger partial charge on any atom is -0.497 e. The molecule has 0 bridgehead atoms. The topological polar surface area (TPSA) is 39.7 Å². The molecule has 0 saturated heterocycles. The van der Waals surface area contributed by atoms with Crippen LogP contribution in [0.15, 0.2) is 42.5 Å². The van der Waals surface area contributed by atoms with E-state index in [0.29, 0.717) is 12.5 Å². The highest BCUT2D eigenvalue weighted by Crippen LogP contribution is 2.29. The van der Waals surface area contributed by atoms with Gasteiger partial charge in [0, 0.05) is 12.6 Å². The van der Waals surface area contributed by atoms with Crippen molar-refractivity contribution >= 4 is 5.69 Å². The van der Waals surface area contributed by atoms with Gasteiger partial charge in [0.1, 0.15) is 17.2 Å². The smallest absolute Gasteiger partial charge is 0.142 e. The van der Waals surface area contributed by atoms with Gasteiger partial charge in [-0.05, 0) is 42.2 Å². The normalized spacial score (nSPS) is 10.5. The summed E-state index contributed by atoms with van der Waals surface area (Å²) < 4.78 is 16.5. The third-order valence-electron chi connectivity index (χ3n) is 3.75. The quantitative estimate of drug-likeness (QED) is 0.721. The molecule has 2 aromatic carbocycles. The minimum absolute atomic E-state index is 0.648. The molecule has 0 aliphatic rings. The first-order valence-corrected chi connectivity index (χ1v) is 8.30. The summed E-state index contributed by atoms with van der Waals surface area (Å²) in [5.41, 5.74) is 2.06. The molecule has 0 unspecified atom stereocenters. The fourth-order valence-electron chi connectivity index (χ4n) is 2.31. The Morgan fingerprint density at radius 3 is 2.50 bits per heavy atom. The number of hydrogen-bond donors (Lipinski definition) is 1. The number of benzene rings is 2. The Hall–Kier alpha value is -2.36. The lowest BCUT2D eigenvalue weighted by atomic mass is 10.1. The first-order chi connectivity index (χ1) is 11.6. The summed E-state index contributed by atoms with van der Waals surface area (Å²) in [5, 5.41) is 3.40. The predicted octanol–water partition coefficient (Wildman–Crippen LogP) is 4.74. The van der Waals surface area contributed by atoms with Crippen LogP contribution in [0.3, 0.4) is 0 Å². The third kappa shape index (κ3) is 5.37. The van der Waals surface area contributed by atoms with Crippen molar-refractivity contribution in [2.75, 3.05) is 26.1 Å². The Labute approximate surface area is 144 Å². The van der Waals surface area contributed by atoms with E-state index in [1.54, 1.807) is 14.2 Å². The Morgan fingerprint density at radius 2 is 1.79 bits per heavy atom. The van der Waals surface area contributed by atoms with E-state index in [1.165, 1.54) is 0 Å². The first kappa shape index (κ1) is 18.0. The summed E-state index contributed by atoms with van der Waals surface area (Å²) in [7, 11) is 3.32. The lowest BCUT2D eigenvalue weighted by Gasteiger charge is -2.13. The van der Waals surface area contributed by atoms with Crippen LogP contribution in [0, 0.1) is 5.92 Å². The third-order valence-corrected chi connectivity index (χ3v) is 3.75. The number of nitrogens with one attached hydrogen (secondary N) is 1. The zero-order valence-corrected chi connectivity index (χ0v) is 15.0. The molecule has 0 radical (unpaired) electrons. The molecule has 0 heterocycles. The van der Waals surface area contributed by atoms with Crippen molar-refractivity contribution in [3.63, 3.8) is 0 Å². The van der Waals surface area contributed by atoms with Crippen molar-refractivity contribution in [3.05, 3.63) is 48.0 Å². The maximum absolute atomic E-state index is 5.82. The Kier molecular flexibility index (Phi) is 6.79. The van der Waals surface area contributed by atoms with Crippen molar-refractivity contribution in [2.24, 2.45) is 5.92 Å². The molecule has 1 N–H and O–H groups in total. The molecule has 0 aliphatic heterocycles. The highest BCUT2D eigenvalue weighted by atomic mass is 16.5. The van der Waals surface area contributed by atoms with Crippen LogP contribution in [-0.4, -0.2) is 20.8 Å². The maximum Gasteiger partial charge on any atom is 0.142 e. The zero-order chi connectivity index (χ0) is 17.4. The molecule has 4 heteroatoms. The first-order valence-electron chi connectivity index (χ1n) is 8.30. The standard InChI is InChI=1S/C20H27NO3/c1-15(2)10-11-24-18-7-5-6-16(12-18)14-21-19-13-17(22-3)8-9-20(19)23-4/h5-9,12-13,15,21H,10-11,14H2,1-4H3. The zero-order valence-electron chi connectivity index (χ0n) is 15.0. The van der Waals surface area contributed by atoms with Gasteiger partial charge in [0.25, 0.3) is 0 Å². The molecular weight excluding hydrogens is 302 g/mol. The fourth-order valence-corrected chi connectivity index (χ4v) is 2.31. The fraction of sp³-hybridized carbons (Fsp3) is 0.400. The van der Waals surface area contributed by atoms with Gasteiger partial charge < -0.3 is 19.5 Å². The molecule has 0 saturated carbocycles. The SMILES string of the molecule is COc1ccc(OC)c(NCc2cccc(OCCC(C)C)c2)c1. The van der Waals surface area contributed by atoms with E-state index in [2.05, 4.69) is 31.3 Å². The Balaban J connectivity index is 1.99. The van der Waals surface area contributed by atoms with Crippen LogP contribution in [0.2, 0.25) is 0 Å². The van der Waals surface area contributed by atoms with E-state index >= 15 is 0 Å². The molecule has 0 spiro atoms. The van der Waals surface area contributed by atoms with E-state index in [0.717, 1.165) is 41.5 Å². The molecule has 4 nitrogen and oxygen atoms in total. The lowest BCUT2D eigenvalue weighted by Crippen LogP contribution is -2.04. The monoisotopic (exact) mass is 329 g/mol. The van der Waals surface area contributed by atoms with Crippen LogP contribution in [0.5, 0.6) is 17.2 Å². The van der Waals surface area contributed by atoms with Crippen LogP contribution in [0.1, 0.15) is 25.8 Å². The van der Waals surface area contributed by atoms with Crippen molar-refractivity contribution in [1.82, 2.24) is 0 Å².